The lowest BCUT2D eigenvalue weighted by Gasteiger charge is -2.33. The van der Waals surface area contributed by atoms with Crippen molar-refractivity contribution in [2.24, 2.45) is 0 Å². The van der Waals surface area contributed by atoms with Gasteiger partial charge in [0.2, 0.25) is 0 Å². The molecule has 2 amide bonds. The highest BCUT2D eigenvalue weighted by Gasteiger charge is 2.29. The van der Waals surface area contributed by atoms with Gasteiger partial charge in [-0.1, -0.05) is 42.0 Å². The molecule has 2 aliphatic heterocycles. The highest BCUT2D eigenvalue weighted by Crippen LogP contribution is 2.28. The van der Waals surface area contributed by atoms with Gasteiger partial charge in [-0.3, -0.25) is 4.90 Å². The Labute approximate surface area is 180 Å². The molecule has 2 fully saturated rings. The molecule has 160 valence electrons. The van der Waals surface area contributed by atoms with E-state index in [1.54, 1.807) is 7.11 Å². The first kappa shape index (κ1) is 20.7. The maximum atomic E-state index is 12.8. The monoisotopic (exact) mass is 407 g/mol. The molecule has 1 unspecified atom stereocenters. The second-order valence-corrected chi connectivity index (χ2v) is 8.69. The number of amides is 2. The first-order valence-corrected chi connectivity index (χ1v) is 11.1. The number of ether oxygens (including phenoxy) is 1. The molecule has 1 atom stereocenters. The van der Waals surface area contributed by atoms with E-state index in [0.717, 1.165) is 57.7 Å². The van der Waals surface area contributed by atoms with E-state index in [-0.39, 0.29) is 12.1 Å². The minimum absolute atomic E-state index is 0.100. The lowest BCUT2D eigenvalue weighted by Crippen LogP contribution is -2.48. The fraction of sp³-hybridized carbons (Fsp3) is 0.480. The summed E-state index contributed by atoms with van der Waals surface area (Å²) in [7, 11) is 1.68. The van der Waals surface area contributed by atoms with Crippen molar-refractivity contribution in [3.8, 4) is 5.75 Å². The maximum absolute atomic E-state index is 12.8. The molecule has 2 heterocycles. The zero-order valence-corrected chi connectivity index (χ0v) is 18.1. The van der Waals surface area contributed by atoms with Gasteiger partial charge in [0.15, 0.2) is 0 Å². The van der Waals surface area contributed by atoms with Crippen LogP contribution in [0, 0.1) is 6.92 Å². The number of rotatable bonds is 5. The summed E-state index contributed by atoms with van der Waals surface area (Å²) in [6.45, 7) is 6.83. The predicted octanol–water partition coefficient (Wildman–Crippen LogP) is 4.17. The third-order valence-corrected chi connectivity index (χ3v) is 6.47. The Morgan fingerprint density at radius 2 is 1.83 bits per heavy atom. The van der Waals surface area contributed by atoms with Crippen LogP contribution in [0.25, 0.3) is 0 Å². The van der Waals surface area contributed by atoms with Gasteiger partial charge in [0.25, 0.3) is 0 Å². The molecule has 0 aromatic heterocycles. The number of carbonyl (C=O) groups is 1. The third-order valence-electron chi connectivity index (χ3n) is 6.47. The van der Waals surface area contributed by atoms with Crippen LogP contribution in [-0.4, -0.2) is 55.2 Å². The van der Waals surface area contributed by atoms with Gasteiger partial charge in [-0.2, -0.15) is 0 Å². The first-order valence-electron chi connectivity index (χ1n) is 11.1. The van der Waals surface area contributed by atoms with Gasteiger partial charge in [0, 0.05) is 44.7 Å². The molecule has 2 aromatic carbocycles. The fourth-order valence-corrected chi connectivity index (χ4v) is 4.66. The average Bonchev–Trinajstić information content (AvgIpc) is 3.26. The number of aryl methyl sites for hydroxylation is 1. The molecule has 4 rings (SSSR count). The Bertz CT molecular complexity index is 844. The summed E-state index contributed by atoms with van der Waals surface area (Å²) in [6.07, 6.45) is 3.06. The van der Waals surface area contributed by atoms with Crippen molar-refractivity contribution in [1.29, 1.82) is 0 Å². The molecular formula is C25H33N3O2. The molecule has 2 aromatic rings. The van der Waals surface area contributed by atoms with Crippen molar-refractivity contribution in [1.82, 2.24) is 15.1 Å². The van der Waals surface area contributed by atoms with Crippen LogP contribution in [0.2, 0.25) is 0 Å². The van der Waals surface area contributed by atoms with E-state index < -0.39 is 0 Å². The first-order chi connectivity index (χ1) is 14.6. The summed E-state index contributed by atoms with van der Waals surface area (Å²) in [5.41, 5.74) is 3.97. The summed E-state index contributed by atoms with van der Waals surface area (Å²) in [4.78, 5) is 17.3. The fourth-order valence-electron chi connectivity index (χ4n) is 4.66. The third kappa shape index (κ3) is 5.14. The van der Waals surface area contributed by atoms with Gasteiger partial charge in [0.1, 0.15) is 5.75 Å². The SMILES string of the molecule is COc1ccc(C2CCN(C(=O)NC3CCN(Cc4cccc(C)c4)CC3)C2)cc1. The minimum atomic E-state index is 0.100. The number of benzene rings is 2. The number of hydrogen-bond acceptors (Lipinski definition) is 3. The number of piperidine rings is 1. The molecule has 5 nitrogen and oxygen atoms in total. The summed E-state index contributed by atoms with van der Waals surface area (Å²) in [5, 5.41) is 3.28. The highest BCUT2D eigenvalue weighted by molar-refractivity contribution is 5.75. The van der Waals surface area contributed by atoms with Crippen LogP contribution in [0.3, 0.4) is 0 Å². The number of methoxy groups -OCH3 is 1. The molecule has 0 spiro atoms. The second kappa shape index (κ2) is 9.52. The van der Waals surface area contributed by atoms with Crippen LogP contribution in [0.4, 0.5) is 4.79 Å². The Balaban J connectivity index is 1.22. The smallest absolute Gasteiger partial charge is 0.317 e. The number of carbonyl (C=O) groups excluding carboxylic acids is 1. The Hall–Kier alpha value is -2.53. The van der Waals surface area contributed by atoms with E-state index in [1.165, 1.54) is 16.7 Å². The van der Waals surface area contributed by atoms with Gasteiger partial charge in [-0.25, -0.2) is 4.79 Å². The molecule has 0 saturated carbocycles. The highest BCUT2D eigenvalue weighted by atomic mass is 16.5. The summed E-state index contributed by atoms with van der Waals surface area (Å²) in [5.74, 6) is 1.29. The molecule has 0 radical (unpaired) electrons. The topological polar surface area (TPSA) is 44.8 Å². The Kier molecular flexibility index (Phi) is 6.58. The molecule has 0 bridgehead atoms. The predicted molar refractivity (Wildman–Crippen MR) is 120 cm³/mol. The molecular weight excluding hydrogens is 374 g/mol. The molecule has 0 aliphatic carbocycles. The van der Waals surface area contributed by atoms with Gasteiger partial charge < -0.3 is 15.0 Å². The van der Waals surface area contributed by atoms with Crippen LogP contribution in [-0.2, 0) is 6.54 Å². The van der Waals surface area contributed by atoms with E-state index in [4.69, 9.17) is 4.74 Å². The van der Waals surface area contributed by atoms with Crippen LogP contribution < -0.4 is 10.1 Å². The van der Waals surface area contributed by atoms with Crippen LogP contribution in [0.5, 0.6) is 5.75 Å². The largest absolute Gasteiger partial charge is 0.497 e. The van der Waals surface area contributed by atoms with Gasteiger partial charge in [0.05, 0.1) is 7.11 Å². The molecule has 1 N–H and O–H groups in total. The molecule has 2 aliphatic rings. The van der Waals surface area contributed by atoms with Crippen LogP contribution in [0.15, 0.2) is 48.5 Å². The van der Waals surface area contributed by atoms with Crippen molar-refractivity contribution >= 4 is 6.03 Å². The number of likely N-dealkylation sites (tertiary alicyclic amines) is 2. The molecule has 30 heavy (non-hydrogen) atoms. The van der Waals surface area contributed by atoms with Gasteiger partial charge in [-0.15, -0.1) is 0 Å². The van der Waals surface area contributed by atoms with Crippen molar-refractivity contribution in [3.63, 3.8) is 0 Å². The van der Waals surface area contributed by atoms with E-state index in [9.17, 15) is 4.79 Å². The van der Waals surface area contributed by atoms with Crippen molar-refractivity contribution < 1.29 is 9.53 Å². The number of hydrogen-bond donors (Lipinski definition) is 1. The lowest BCUT2D eigenvalue weighted by atomic mass is 9.98. The van der Waals surface area contributed by atoms with Gasteiger partial charge in [-0.05, 0) is 49.4 Å². The van der Waals surface area contributed by atoms with Gasteiger partial charge >= 0.3 is 6.03 Å². The standard InChI is InChI=1S/C25H33N3O2/c1-19-4-3-5-20(16-19)17-27-13-11-23(12-14-27)26-25(29)28-15-10-22(18-28)21-6-8-24(30-2)9-7-21/h3-9,16,22-23H,10-15,17-18H2,1-2H3,(H,26,29). The summed E-state index contributed by atoms with van der Waals surface area (Å²) in [6, 6.07) is 17.4. The average molecular weight is 408 g/mol. The normalized spacial score (nSPS) is 20.3. The number of nitrogens with zero attached hydrogens (tertiary/aromatic N) is 2. The minimum Gasteiger partial charge on any atom is -0.497 e. The number of urea groups is 1. The number of nitrogens with one attached hydrogen (secondary N) is 1. The quantitative estimate of drug-likeness (QED) is 0.809. The molecule has 5 heteroatoms. The van der Waals surface area contributed by atoms with Crippen molar-refractivity contribution in [3.05, 3.63) is 65.2 Å². The van der Waals surface area contributed by atoms with Crippen molar-refractivity contribution in [2.75, 3.05) is 33.3 Å². The van der Waals surface area contributed by atoms with E-state index in [0.29, 0.717) is 5.92 Å². The zero-order valence-electron chi connectivity index (χ0n) is 18.1. The Morgan fingerprint density at radius 3 is 2.53 bits per heavy atom. The lowest BCUT2D eigenvalue weighted by molar-refractivity contribution is 0.174. The van der Waals surface area contributed by atoms with E-state index in [1.807, 2.05) is 17.0 Å². The van der Waals surface area contributed by atoms with E-state index in [2.05, 4.69) is 53.5 Å². The van der Waals surface area contributed by atoms with Crippen LogP contribution in [0.1, 0.15) is 41.9 Å². The maximum Gasteiger partial charge on any atom is 0.317 e. The zero-order chi connectivity index (χ0) is 20.9. The summed E-state index contributed by atoms with van der Waals surface area (Å²) < 4.78 is 5.24. The van der Waals surface area contributed by atoms with E-state index >= 15 is 0 Å². The Morgan fingerprint density at radius 1 is 1.07 bits per heavy atom. The van der Waals surface area contributed by atoms with Crippen LogP contribution >= 0.6 is 0 Å². The van der Waals surface area contributed by atoms with Crippen molar-refractivity contribution in [2.45, 2.75) is 44.7 Å². The second-order valence-electron chi connectivity index (χ2n) is 8.69. The molecule has 2 saturated heterocycles. The summed E-state index contributed by atoms with van der Waals surface area (Å²) >= 11 is 0.